The number of amides is 1. The first kappa shape index (κ1) is 17.9. The van der Waals surface area contributed by atoms with Gasteiger partial charge in [-0.25, -0.2) is 12.8 Å². The second-order valence-electron chi connectivity index (χ2n) is 5.33. The van der Waals surface area contributed by atoms with Crippen molar-refractivity contribution in [2.45, 2.75) is 26.3 Å². The molecule has 0 aromatic heterocycles. The van der Waals surface area contributed by atoms with Gasteiger partial charge in [0.05, 0.1) is 11.8 Å². The maximum Gasteiger partial charge on any atom is 0.221 e. The second kappa shape index (κ2) is 7.22. The molecule has 4 nitrogen and oxygen atoms in total. The van der Waals surface area contributed by atoms with E-state index in [1.54, 1.807) is 6.07 Å². The van der Waals surface area contributed by atoms with E-state index in [2.05, 4.69) is 5.32 Å². The van der Waals surface area contributed by atoms with E-state index >= 15 is 0 Å². The molecule has 1 atom stereocenters. The third-order valence-electron chi connectivity index (χ3n) is 2.98. The Kier molecular flexibility index (Phi) is 6.16. The van der Waals surface area contributed by atoms with Crippen molar-refractivity contribution in [2.75, 3.05) is 12.0 Å². The lowest BCUT2D eigenvalue weighted by Crippen LogP contribution is -2.33. The number of nitrogens with one attached hydrogen (secondary N) is 1. The molecule has 1 N–H and O–H groups in total. The fourth-order valence-electron chi connectivity index (χ4n) is 1.88. The van der Waals surface area contributed by atoms with Crippen LogP contribution in [0, 0.1) is 11.7 Å². The summed E-state index contributed by atoms with van der Waals surface area (Å²) < 4.78 is 36.1. The van der Waals surface area contributed by atoms with E-state index in [1.165, 1.54) is 12.1 Å². The summed E-state index contributed by atoms with van der Waals surface area (Å²) in [7, 11) is -3.21. The normalized spacial score (nSPS) is 13.2. The number of rotatable bonds is 6. The van der Waals surface area contributed by atoms with Crippen molar-refractivity contribution in [1.29, 1.82) is 0 Å². The Morgan fingerprint density at radius 3 is 2.48 bits per heavy atom. The summed E-state index contributed by atoms with van der Waals surface area (Å²) in [5.74, 6) is -1.20. The summed E-state index contributed by atoms with van der Waals surface area (Å²) in [6.07, 6.45) is 0.927. The zero-order valence-corrected chi connectivity index (χ0v) is 13.8. The molecule has 0 aliphatic rings. The van der Waals surface area contributed by atoms with Crippen molar-refractivity contribution in [3.63, 3.8) is 0 Å². The van der Waals surface area contributed by atoms with Crippen LogP contribution in [0.1, 0.15) is 31.9 Å². The van der Waals surface area contributed by atoms with Crippen molar-refractivity contribution >= 4 is 27.3 Å². The standard InChI is InChI=1S/C14H19ClFNO3S/c1-9(2)14(11-5-4-10(15)8-12(11)16)17-13(18)6-7-21(3,19)20/h4-5,8-9,14H,6-7H2,1-3H3,(H,17,18). The smallest absolute Gasteiger partial charge is 0.221 e. The van der Waals surface area contributed by atoms with Crippen molar-refractivity contribution in [3.05, 3.63) is 34.6 Å². The minimum Gasteiger partial charge on any atom is -0.349 e. The van der Waals surface area contributed by atoms with Gasteiger partial charge in [0, 0.05) is 23.3 Å². The SMILES string of the molecule is CC(C)C(NC(=O)CCS(C)(=O)=O)c1ccc(Cl)cc1F. The Labute approximate surface area is 129 Å². The van der Waals surface area contributed by atoms with Crippen LogP contribution < -0.4 is 5.32 Å². The molecular weight excluding hydrogens is 317 g/mol. The number of hydrogen-bond acceptors (Lipinski definition) is 3. The molecule has 0 radical (unpaired) electrons. The Morgan fingerprint density at radius 2 is 2.00 bits per heavy atom. The van der Waals surface area contributed by atoms with Gasteiger partial charge in [0.2, 0.25) is 5.91 Å². The Morgan fingerprint density at radius 1 is 1.38 bits per heavy atom. The molecule has 1 unspecified atom stereocenters. The van der Waals surface area contributed by atoms with Crippen LogP contribution in [0.15, 0.2) is 18.2 Å². The minimum absolute atomic E-state index is 0.0529. The third kappa shape index (κ3) is 6.01. The van der Waals surface area contributed by atoms with Crippen LogP contribution >= 0.6 is 11.6 Å². The van der Waals surface area contributed by atoms with Gasteiger partial charge in [-0.2, -0.15) is 0 Å². The monoisotopic (exact) mass is 335 g/mol. The van der Waals surface area contributed by atoms with Gasteiger partial charge in [-0.3, -0.25) is 4.79 Å². The van der Waals surface area contributed by atoms with E-state index in [0.717, 1.165) is 6.26 Å². The lowest BCUT2D eigenvalue weighted by atomic mass is 9.95. The molecule has 0 bridgehead atoms. The lowest BCUT2D eigenvalue weighted by molar-refractivity contribution is -0.121. The Hall–Kier alpha value is -1.14. The van der Waals surface area contributed by atoms with Crippen LogP contribution in [0.2, 0.25) is 5.02 Å². The summed E-state index contributed by atoms with van der Waals surface area (Å²) in [6.45, 7) is 3.69. The molecule has 118 valence electrons. The van der Waals surface area contributed by atoms with Crippen molar-refractivity contribution in [1.82, 2.24) is 5.32 Å². The van der Waals surface area contributed by atoms with E-state index in [-0.39, 0.29) is 23.1 Å². The third-order valence-corrected chi connectivity index (χ3v) is 4.16. The van der Waals surface area contributed by atoms with Gasteiger partial charge in [-0.15, -0.1) is 0 Å². The molecule has 1 amide bonds. The predicted molar refractivity (Wildman–Crippen MR) is 81.5 cm³/mol. The number of carbonyl (C=O) groups excluding carboxylic acids is 1. The minimum atomic E-state index is -3.21. The van der Waals surface area contributed by atoms with Crippen LogP contribution in [0.25, 0.3) is 0 Å². The van der Waals surface area contributed by atoms with Crippen LogP contribution in [-0.4, -0.2) is 26.3 Å². The molecule has 0 saturated carbocycles. The molecule has 0 heterocycles. The van der Waals surface area contributed by atoms with Crippen molar-refractivity contribution in [2.24, 2.45) is 5.92 Å². The second-order valence-corrected chi connectivity index (χ2v) is 8.03. The summed E-state index contributed by atoms with van der Waals surface area (Å²) in [5, 5.41) is 2.96. The fourth-order valence-corrected chi connectivity index (χ4v) is 2.60. The molecule has 0 aliphatic carbocycles. The summed E-state index contributed by atoms with van der Waals surface area (Å²) in [6, 6.07) is 3.74. The zero-order chi connectivity index (χ0) is 16.2. The molecule has 21 heavy (non-hydrogen) atoms. The number of carbonyl (C=O) groups is 1. The fraction of sp³-hybridized carbons (Fsp3) is 0.500. The molecule has 0 aliphatic heterocycles. The van der Waals surface area contributed by atoms with Crippen molar-refractivity contribution < 1.29 is 17.6 Å². The van der Waals surface area contributed by atoms with Gasteiger partial charge < -0.3 is 5.32 Å². The quantitative estimate of drug-likeness (QED) is 0.869. The van der Waals surface area contributed by atoms with E-state index in [0.29, 0.717) is 5.56 Å². The average Bonchev–Trinajstić information content (AvgIpc) is 2.33. The molecule has 1 aromatic carbocycles. The Balaban J connectivity index is 2.85. The number of hydrogen-bond donors (Lipinski definition) is 1. The molecule has 7 heteroatoms. The maximum absolute atomic E-state index is 14.0. The number of halogens is 2. The highest BCUT2D eigenvalue weighted by atomic mass is 35.5. The van der Waals surface area contributed by atoms with Crippen LogP contribution in [0.5, 0.6) is 0 Å². The first-order valence-corrected chi connectivity index (χ1v) is 8.96. The van der Waals surface area contributed by atoms with Gasteiger partial charge in [0.15, 0.2) is 0 Å². The molecule has 0 spiro atoms. The number of sulfone groups is 1. The summed E-state index contributed by atoms with van der Waals surface area (Å²) in [4.78, 5) is 11.8. The van der Waals surface area contributed by atoms with Crippen molar-refractivity contribution in [3.8, 4) is 0 Å². The Bertz CT molecular complexity index is 617. The summed E-state index contributed by atoms with van der Waals surface area (Å²) >= 11 is 5.71. The molecule has 0 fully saturated rings. The molecule has 0 saturated heterocycles. The van der Waals surface area contributed by atoms with E-state index < -0.39 is 27.6 Å². The summed E-state index contributed by atoms with van der Waals surface area (Å²) in [5.41, 5.74) is 0.335. The largest absolute Gasteiger partial charge is 0.349 e. The molecular formula is C14H19ClFNO3S. The lowest BCUT2D eigenvalue weighted by Gasteiger charge is -2.23. The van der Waals surface area contributed by atoms with Gasteiger partial charge in [0.25, 0.3) is 0 Å². The van der Waals surface area contributed by atoms with Crippen LogP contribution in [-0.2, 0) is 14.6 Å². The topological polar surface area (TPSA) is 63.2 Å². The predicted octanol–water partition coefficient (Wildman–Crippen LogP) is 2.73. The van der Waals surface area contributed by atoms with E-state index in [4.69, 9.17) is 11.6 Å². The molecule has 1 aromatic rings. The van der Waals surface area contributed by atoms with Gasteiger partial charge in [-0.05, 0) is 18.1 Å². The highest BCUT2D eigenvalue weighted by Crippen LogP contribution is 2.26. The highest BCUT2D eigenvalue weighted by molar-refractivity contribution is 7.90. The molecule has 1 rings (SSSR count). The zero-order valence-electron chi connectivity index (χ0n) is 12.2. The van der Waals surface area contributed by atoms with Gasteiger partial charge in [0.1, 0.15) is 15.7 Å². The number of benzene rings is 1. The van der Waals surface area contributed by atoms with Gasteiger partial charge >= 0.3 is 0 Å². The average molecular weight is 336 g/mol. The maximum atomic E-state index is 14.0. The van der Waals surface area contributed by atoms with Crippen LogP contribution in [0.3, 0.4) is 0 Å². The first-order chi connectivity index (χ1) is 9.60. The first-order valence-electron chi connectivity index (χ1n) is 6.52. The van der Waals surface area contributed by atoms with Crippen LogP contribution in [0.4, 0.5) is 4.39 Å². The highest BCUT2D eigenvalue weighted by Gasteiger charge is 2.22. The van der Waals surface area contributed by atoms with E-state index in [9.17, 15) is 17.6 Å². The van der Waals surface area contributed by atoms with E-state index in [1.807, 2.05) is 13.8 Å². The van der Waals surface area contributed by atoms with Gasteiger partial charge in [-0.1, -0.05) is 31.5 Å².